The molecule has 0 radical (unpaired) electrons. The summed E-state index contributed by atoms with van der Waals surface area (Å²) in [6.45, 7) is 5.92. The zero-order valence-electron chi connectivity index (χ0n) is 8.78. The molecule has 2 N–H and O–H groups in total. The molecule has 0 aliphatic heterocycles. The number of carbonyl (C=O) groups excluding carboxylic acids is 1. The predicted molar refractivity (Wildman–Crippen MR) is 54.0 cm³/mol. The van der Waals surface area contributed by atoms with Crippen LogP contribution in [0.4, 0.5) is 4.79 Å². The molecule has 0 amide bonds. The van der Waals surface area contributed by atoms with Gasteiger partial charge < -0.3 is 10.5 Å². The Bertz CT molecular complexity index is 323. The lowest BCUT2D eigenvalue weighted by atomic mass is 10.2. The molecule has 1 rings (SSSR count). The van der Waals surface area contributed by atoms with Crippen molar-refractivity contribution in [1.82, 2.24) is 4.57 Å². The Labute approximate surface area is 83.7 Å². The molecule has 0 unspecified atom stereocenters. The first-order valence-electron chi connectivity index (χ1n) is 4.52. The fourth-order valence-corrected chi connectivity index (χ4v) is 0.990. The highest BCUT2D eigenvalue weighted by Gasteiger charge is 2.17. The number of nitrogens with two attached hydrogens (primary N) is 1. The van der Waals surface area contributed by atoms with Crippen molar-refractivity contribution >= 4 is 6.09 Å². The van der Waals surface area contributed by atoms with E-state index >= 15 is 0 Å². The van der Waals surface area contributed by atoms with E-state index in [1.165, 1.54) is 4.57 Å². The summed E-state index contributed by atoms with van der Waals surface area (Å²) in [7, 11) is 0. The zero-order chi connectivity index (χ0) is 10.8. The second kappa shape index (κ2) is 3.84. The lowest BCUT2D eigenvalue weighted by Crippen LogP contribution is -2.26. The molecule has 0 aliphatic rings. The van der Waals surface area contributed by atoms with Crippen LogP contribution in [0.25, 0.3) is 0 Å². The lowest BCUT2D eigenvalue weighted by molar-refractivity contribution is 0.0537. The van der Waals surface area contributed by atoms with Crippen LogP contribution in [0.3, 0.4) is 0 Å². The summed E-state index contributed by atoms with van der Waals surface area (Å²) in [5.74, 6) is 0. The standard InChI is InChI=1S/C10H16N2O2/c1-10(2,3)14-9(13)12-5-4-8(6-11)7-12/h4-5,7H,6,11H2,1-3H3. The molecule has 0 spiro atoms. The van der Waals surface area contributed by atoms with Crippen molar-refractivity contribution in [2.75, 3.05) is 0 Å². The maximum Gasteiger partial charge on any atom is 0.418 e. The topological polar surface area (TPSA) is 57.2 Å². The number of rotatable bonds is 1. The summed E-state index contributed by atoms with van der Waals surface area (Å²) in [5, 5.41) is 0. The van der Waals surface area contributed by atoms with Gasteiger partial charge in [-0.3, -0.25) is 4.57 Å². The molecule has 0 saturated heterocycles. The fourth-order valence-electron chi connectivity index (χ4n) is 0.990. The van der Waals surface area contributed by atoms with Crippen molar-refractivity contribution in [3.05, 3.63) is 24.0 Å². The number of carbonyl (C=O) groups is 1. The van der Waals surface area contributed by atoms with Crippen molar-refractivity contribution in [3.63, 3.8) is 0 Å². The van der Waals surface area contributed by atoms with Crippen LogP contribution >= 0.6 is 0 Å². The molecular weight excluding hydrogens is 180 g/mol. The molecule has 4 nitrogen and oxygen atoms in total. The Morgan fingerprint density at radius 3 is 2.64 bits per heavy atom. The molecule has 14 heavy (non-hydrogen) atoms. The van der Waals surface area contributed by atoms with Crippen molar-refractivity contribution in [1.29, 1.82) is 0 Å². The number of hydrogen-bond donors (Lipinski definition) is 1. The van der Waals surface area contributed by atoms with E-state index in [4.69, 9.17) is 10.5 Å². The van der Waals surface area contributed by atoms with Crippen LogP contribution in [0.15, 0.2) is 18.5 Å². The minimum Gasteiger partial charge on any atom is -0.443 e. The fraction of sp³-hybridized carbons (Fsp3) is 0.500. The van der Waals surface area contributed by atoms with Gasteiger partial charge in [-0.05, 0) is 32.4 Å². The second-order valence-corrected chi connectivity index (χ2v) is 4.11. The third-order valence-electron chi connectivity index (χ3n) is 1.59. The van der Waals surface area contributed by atoms with E-state index in [9.17, 15) is 4.79 Å². The van der Waals surface area contributed by atoms with Gasteiger partial charge in [0.15, 0.2) is 0 Å². The van der Waals surface area contributed by atoms with Crippen LogP contribution in [-0.2, 0) is 11.3 Å². The molecule has 1 heterocycles. The van der Waals surface area contributed by atoms with Gasteiger partial charge in [-0.2, -0.15) is 0 Å². The molecule has 1 aromatic rings. The van der Waals surface area contributed by atoms with E-state index in [2.05, 4.69) is 0 Å². The Morgan fingerprint density at radius 2 is 2.21 bits per heavy atom. The van der Waals surface area contributed by atoms with Gasteiger partial charge in [0.25, 0.3) is 0 Å². The predicted octanol–water partition coefficient (Wildman–Crippen LogP) is 1.73. The minimum atomic E-state index is -0.468. The van der Waals surface area contributed by atoms with Gasteiger partial charge in [-0.15, -0.1) is 0 Å². The largest absolute Gasteiger partial charge is 0.443 e. The lowest BCUT2D eigenvalue weighted by Gasteiger charge is -2.19. The highest BCUT2D eigenvalue weighted by molar-refractivity contribution is 5.71. The Hall–Kier alpha value is -1.29. The van der Waals surface area contributed by atoms with Gasteiger partial charge >= 0.3 is 6.09 Å². The molecule has 0 aromatic carbocycles. The number of ether oxygens (including phenoxy) is 1. The molecule has 0 bridgehead atoms. The second-order valence-electron chi connectivity index (χ2n) is 4.11. The SMILES string of the molecule is CC(C)(C)OC(=O)n1ccc(CN)c1. The molecule has 78 valence electrons. The Balaban J connectivity index is 2.70. The van der Waals surface area contributed by atoms with E-state index < -0.39 is 5.60 Å². The molecule has 1 aromatic heterocycles. The summed E-state index contributed by atoms with van der Waals surface area (Å²) in [5.41, 5.74) is 5.87. The van der Waals surface area contributed by atoms with Crippen LogP contribution in [0, 0.1) is 0 Å². The highest BCUT2D eigenvalue weighted by atomic mass is 16.6. The van der Waals surface area contributed by atoms with Crippen LogP contribution < -0.4 is 5.73 Å². The van der Waals surface area contributed by atoms with E-state index in [1.54, 1.807) is 18.5 Å². The third kappa shape index (κ3) is 2.88. The maximum atomic E-state index is 11.5. The molecule has 4 heteroatoms. The van der Waals surface area contributed by atoms with E-state index in [1.807, 2.05) is 20.8 Å². The first kappa shape index (κ1) is 10.8. The van der Waals surface area contributed by atoms with Crippen molar-refractivity contribution in [2.24, 2.45) is 5.73 Å². The van der Waals surface area contributed by atoms with Gasteiger partial charge in [0.1, 0.15) is 5.60 Å². The molecule has 0 fully saturated rings. The summed E-state index contributed by atoms with van der Waals surface area (Å²) in [4.78, 5) is 11.5. The molecule has 0 atom stereocenters. The molecular formula is C10H16N2O2. The Kier molecular flexibility index (Phi) is 2.96. The van der Waals surface area contributed by atoms with Gasteiger partial charge in [-0.25, -0.2) is 4.79 Å². The average molecular weight is 196 g/mol. The van der Waals surface area contributed by atoms with Crippen LogP contribution in [-0.4, -0.2) is 16.3 Å². The number of hydrogen-bond acceptors (Lipinski definition) is 3. The van der Waals surface area contributed by atoms with Gasteiger partial charge in [0.05, 0.1) is 0 Å². The Morgan fingerprint density at radius 1 is 1.57 bits per heavy atom. The summed E-state index contributed by atoms with van der Waals surface area (Å²) in [6, 6.07) is 1.80. The van der Waals surface area contributed by atoms with Crippen LogP contribution in [0.2, 0.25) is 0 Å². The van der Waals surface area contributed by atoms with Crippen molar-refractivity contribution < 1.29 is 9.53 Å². The highest BCUT2D eigenvalue weighted by Crippen LogP contribution is 2.09. The van der Waals surface area contributed by atoms with Gasteiger partial charge in [0, 0.05) is 18.9 Å². The molecule has 0 aliphatic carbocycles. The van der Waals surface area contributed by atoms with Gasteiger partial charge in [0.2, 0.25) is 0 Å². The first-order chi connectivity index (χ1) is 6.42. The normalized spacial score (nSPS) is 11.4. The first-order valence-corrected chi connectivity index (χ1v) is 4.52. The van der Waals surface area contributed by atoms with E-state index in [0.29, 0.717) is 6.54 Å². The zero-order valence-corrected chi connectivity index (χ0v) is 8.78. The van der Waals surface area contributed by atoms with E-state index in [-0.39, 0.29) is 6.09 Å². The van der Waals surface area contributed by atoms with Crippen molar-refractivity contribution in [3.8, 4) is 0 Å². The molecule has 0 saturated carbocycles. The summed E-state index contributed by atoms with van der Waals surface area (Å²) < 4.78 is 6.56. The smallest absolute Gasteiger partial charge is 0.418 e. The quantitative estimate of drug-likeness (QED) is 0.744. The maximum absolute atomic E-state index is 11.5. The minimum absolute atomic E-state index is 0.378. The van der Waals surface area contributed by atoms with Crippen LogP contribution in [0.5, 0.6) is 0 Å². The van der Waals surface area contributed by atoms with E-state index in [0.717, 1.165) is 5.56 Å². The van der Waals surface area contributed by atoms with Crippen LogP contribution in [0.1, 0.15) is 26.3 Å². The number of aromatic nitrogens is 1. The van der Waals surface area contributed by atoms with Gasteiger partial charge in [-0.1, -0.05) is 0 Å². The average Bonchev–Trinajstić information content (AvgIpc) is 2.48. The van der Waals surface area contributed by atoms with Crippen molar-refractivity contribution in [2.45, 2.75) is 32.9 Å². The monoisotopic (exact) mass is 196 g/mol. The summed E-state index contributed by atoms with van der Waals surface area (Å²) >= 11 is 0. The third-order valence-corrected chi connectivity index (χ3v) is 1.59. The summed E-state index contributed by atoms with van der Waals surface area (Å²) in [6.07, 6.45) is 2.95. The number of nitrogens with zero attached hydrogens (tertiary/aromatic N) is 1.